The van der Waals surface area contributed by atoms with Crippen LogP contribution in [0.4, 0.5) is 0 Å². The number of carbonyl (C=O) groups is 2. The Labute approximate surface area is 334 Å². The molecule has 0 heterocycles. The van der Waals surface area contributed by atoms with E-state index in [1.165, 1.54) is 70.6 Å². The molecule has 0 aliphatic carbocycles. The Bertz CT molecular complexity index is 1120. The van der Waals surface area contributed by atoms with Crippen LogP contribution in [0.25, 0.3) is 0 Å². The number of phosphoric ester groups is 1. The van der Waals surface area contributed by atoms with Crippen LogP contribution in [0.15, 0.2) is 48.6 Å². The zero-order chi connectivity index (χ0) is 41.0. The number of aliphatic hydroxyl groups is 2. The van der Waals surface area contributed by atoms with E-state index in [2.05, 4.69) is 19.9 Å². The third-order valence-corrected chi connectivity index (χ3v) is 9.79. The summed E-state index contributed by atoms with van der Waals surface area (Å²) in [6.07, 6.45) is 32.2. The second-order valence-electron chi connectivity index (χ2n) is 15.4. The number of quaternary nitrogens is 1. The van der Waals surface area contributed by atoms with E-state index in [9.17, 15) is 29.3 Å². The number of rotatable bonds is 37. The van der Waals surface area contributed by atoms with E-state index in [0.717, 1.165) is 25.7 Å². The van der Waals surface area contributed by atoms with E-state index in [0.29, 0.717) is 36.7 Å². The van der Waals surface area contributed by atoms with Crippen LogP contribution in [0.2, 0.25) is 0 Å². The highest BCUT2D eigenvalue weighted by atomic mass is 31.2. The largest absolute Gasteiger partial charge is 0.472 e. The highest BCUT2D eigenvalue weighted by Crippen LogP contribution is 2.43. The number of nitrogens with zero attached hydrogens (tertiary/aromatic N) is 1. The number of unbranched alkanes of at least 4 members (excludes halogenated alkanes) is 14. The number of allylic oxidation sites excluding steroid dienone is 5. The van der Waals surface area contributed by atoms with E-state index in [1.54, 1.807) is 36.5 Å². The fraction of sp³-hybridized carbons (Fsp3) is 0.767. The van der Waals surface area contributed by atoms with E-state index in [-0.39, 0.29) is 26.1 Å². The third kappa shape index (κ3) is 38.5. The fourth-order valence-electron chi connectivity index (χ4n) is 5.38. The smallest absolute Gasteiger partial charge is 0.462 e. The highest BCUT2D eigenvalue weighted by Gasteiger charge is 2.27. The molecule has 0 bridgehead atoms. The van der Waals surface area contributed by atoms with E-state index >= 15 is 0 Å². The fourth-order valence-corrected chi connectivity index (χ4v) is 6.12. The van der Waals surface area contributed by atoms with Crippen molar-refractivity contribution in [1.29, 1.82) is 0 Å². The number of phosphoric acid groups is 1. The minimum atomic E-state index is -4.43. The van der Waals surface area contributed by atoms with Gasteiger partial charge >= 0.3 is 19.8 Å². The number of likely N-dealkylation sites (N-methyl/N-ethyl adjacent to an activating group) is 1. The van der Waals surface area contributed by atoms with Gasteiger partial charge in [-0.25, -0.2) is 4.57 Å². The van der Waals surface area contributed by atoms with Gasteiger partial charge in [-0.3, -0.25) is 18.6 Å². The molecule has 0 aliphatic rings. The molecule has 12 heteroatoms. The third-order valence-electron chi connectivity index (χ3n) is 8.80. The molecule has 0 rings (SSSR count). The lowest BCUT2D eigenvalue weighted by molar-refractivity contribution is -0.870. The number of ether oxygens (including phenoxy) is 2. The Kier molecular flexibility index (Phi) is 33.7. The van der Waals surface area contributed by atoms with Crippen molar-refractivity contribution in [3.05, 3.63) is 48.6 Å². The normalized spacial score (nSPS) is 15.3. The quantitative estimate of drug-likeness (QED) is 0.0139. The standard InChI is InChI=1S/C43H78NO10P/c1-6-8-10-12-14-15-16-17-18-19-21-27-33-43(48)54-41(38-53-55(49,50)52-36-35-44(3,4)5)37-51-42(47)34-28-32-40(46)31-26-23-22-25-30-39(45)29-24-20-13-11-9-7-2/h20,22-26,30-31,39-41,45-46H,6-19,21,27-29,32-38H2,1-5H3/p+1/b23-22+,24-20-,30-25+,31-26-/t39-,40-,41-/m1/s1. The van der Waals surface area contributed by atoms with Crippen LogP contribution in [-0.2, 0) is 32.7 Å². The summed E-state index contributed by atoms with van der Waals surface area (Å²) in [5, 5.41) is 20.3. The van der Waals surface area contributed by atoms with Gasteiger partial charge in [-0.15, -0.1) is 0 Å². The van der Waals surface area contributed by atoms with Crippen molar-refractivity contribution in [2.75, 3.05) is 47.5 Å². The molecule has 4 atom stereocenters. The Morgan fingerprint density at radius 3 is 1.80 bits per heavy atom. The highest BCUT2D eigenvalue weighted by molar-refractivity contribution is 7.47. The second kappa shape index (κ2) is 35.1. The Morgan fingerprint density at radius 2 is 1.20 bits per heavy atom. The van der Waals surface area contributed by atoms with Crippen LogP contribution in [0.5, 0.6) is 0 Å². The Hall–Kier alpha value is -2.11. The zero-order valence-corrected chi connectivity index (χ0v) is 36.0. The molecular weight excluding hydrogens is 721 g/mol. The van der Waals surface area contributed by atoms with E-state index in [4.69, 9.17) is 18.5 Å². The molecule has 55 heavy (non-hydrogen) atoms. The lowest BCUT2D eigenvalue weighted by Gasteiger charge is -2.24. The average molecular weight is 801 g/mol. The molecule has 0 fully saturated rings. The first-order valence-electron chi connectivity index (χ1n) is 21.1. The lowest BCUT2D eigenvalue weighted by Crippen LogP contribution is -2.37. The van der Waals surface area contributed by atoms with Gasteiger partial charge in [-0.05, 0) is 38.5 Å². The first-order chi connectivity index (χ1) is 26.3. The van der Waals surface area contributed by atoms with Crippen LogP contribution in [0.1, 0.15) is 149 Å². The molecule has 1 unspecified atom stereocenters. The number of aliphatic hydroxyl groups excluding tert-OH is 2. The van der Waals surface area contributed by atoms with Crippen molar-refractivity contribution in [2.24, 2.45) is 0 Å². The summed E-state index contributed by atoms with van der Waals surface area (Å²) in [4.78, 5) is 35.3. The van der Waals surface area contributed by atoms with Crippen molar-refractivity contribution in [3.8, 4) is 0 Å². The zero-order valence-electron chi connectivity index (χ0n) is 35.1. The van der Waals surface area contributed by atoms with Gasteiger partial charge in [0.1, 0.15) is 19.8 Å². The number of carbonyl (C=O) groups excluding carboxylic acids is 2. The van der Waals surface area contributed by atoms with Gasteiger partial charge in [0.25, 0.3) is 0 Å². The Balaban J connectivity index is 4.65. The first kappa shape index (κ1) is 52.9. The number of hydrogen-bond acceptors (Lipinski definition) is 9. The van der Waals surface area contributed by atoms with Gasteiger partial charge in [0.2, 0.25) is 0 Å². The van der Waals surface area contributed by atoms with Crippen molar-refractivity contribution in [1.82, 2.24) is 0 Å². The summed E-state index contributed by atoms with van der Waals surface area (Å²) in [6.45, 7) is 4.06. The first-order valence-corrected chi connectivity index (χ1v) is 22.6. The maximum absolute atomic E-state index is 12.6. The topological polar surface area (TPSA) is 149 Å². The molecule has 0 aromatic heterocycles. The predicted molar refractivity (Wildman–Crippen MR) is 222 cm³/mol. The maximum Gasteiger partial charge on any atom is 0.472 e. The summed E-state index contributed by atoms with van der Waals surface area (Å²) in [5.74, 6) is -1.04. The molecule has 0 radical (unpaired) electrons. The molecule has 0 spiro atoms. The molecular formula is C43H79NO10P+. The van der Waals surface area contributed by atoms with Crippen LogP contribution in [0.3, 0.4) is 0 Å². The van der Waals surface area contributed by atoms with E-state index < -0.39 is 44.7 Å². The second-order valence-corrected chi connectivity index (χ2v) is 16.9. The predicted octanol–water partition coefficient (Wildman–Crippen LogP) is 9.46. The molecule has 0 aromatic carbocycles. The van der Waals surface area contributed by atoms with Crippen LogP contribution < -0.4 is 0 Å². The number of esters is 2. The molecule has 0 amide bonds. The minimum absolute atomic E-state index is 0.00838. The van der Waals surface area contributed by atoms with Crippen molar-refractivity contribution >= 4 is 19.8 Å². The van der Waals surface area contributed by atoms with E-state index in [1.807, 2.05) is 27.2 Å². The van der Waals surface area contributed by atoms with Gasteiger partial charge in [-0.2, -0.15) is 0 Å². The molecule has 0 saturated heterocycles. The van der Waals surface area contributed by atoms with Gasteiger partial charge < -0.3 is 29.1 Å². The number of hydrogen-bond donors (Lipinski definition) is 3. The van der Waals surface area contributed by atoms with Gasteiger partial charge in [-0.1, -0.05) is 146 Å². The van der Waals surface area contributed by atoms with Crippen molar-refractivity contribution in [2.45, 2.75) is 167 Å². The average Bonchev–Trinajstić information content (AvgIpc) is 3.12. The molecule has 0 aromatic rings. The summed E-state index contributed by atoms with van der Waals surface area (Å²) in [6, 6.07) is 0. The van der Waals surface area contributed by atoms with Crippen LogP contribution >= 0.6 is 7.82 Å². The summed E-state index contributed by atoms with van der Waals surface area (Å²) in [7, 11) is 1.34. The molecule has 3 N–H and O–H groups in total. The van der Waals surface area contributed by atoms with Crippen molar-refractivity contribution in [3.63, 3.8) is 0 Å². The molecule has 320 valence electrons. The van der Waals surface area contributed by atoms with Gasteiger partial charge in [0.05, 0.1) is 40.0 Å². The van der Waals surface area contributed by atoms with Crippen LogP contribution in [-0.4, -0.2) is 97.3 Å². The monoisotopic (exact) mass is 801 g/mol. The SMILES string of the molecule is CCCCC/C=C\C[C@@H](O)/C=C/C=C/C=C\[C@@H](O)CCCC(=O)OC[C@H](COP(=O)(O)OCC[N+](C)(C)C)OC(=O)CCCCCCCCCCCCCC. The van der Waals surface area contributed by atoms with Gasteiger partial charge in [0, 0.05) is 12.8 Å². The van der Waals surface area contributed by atoms with Gasteiger partial charge in [0.15, 0.2) is 6.10 Å². The van der Waals surface area contributed by atoms with Crippen molar-refractivity contribution < 1.29 is 52.3 Å². The summed E-state index contributed by atoms with van der Waals surface area (Å²) in [5.41, 5.74) is 0. The summed E-state index contributed by atoms with van der Waals surface area (Å²) >= 11 is 0. The lowest BCUT2D eigenvalue weighted by atomic mass is 10.0. The Morgan fingerprint density at radius 1 is 0.655 bits per heavy atom. The summed E-state index contributed by atoms with van der Waals surface area (Å²) < 4.78 is 34.0. The molecule has 0 aliphatic heterocycles. The van der Waals surface area contributed by atoms with Crippen LogP contribution in [0, 0.1) is 0 Å². The minimum Gasteiger partial charge on any atom is -0.462 e. The molecule has 0 saturated carbocycles. The molecule has 11 nitrogen and oxygen atoms in total. The maximum atomic E-state index is 12.6.